The zero-order valence-electron chi connectivity index (χ0n) is 13.5. The Morgan fingerprint density at radius 2 is 2.09 bits per heavy atom. The van der Waals surface area contributed by atoms with Crippen molar-refractivity contribution in [1.29, 1.82) is 0 Å². The molecule has 0 saturated heterocycles. The first-order chi connectivity index (χ1) is 11.0. The maximum Gasteiger partial charge on any atom is 0.265 e. The predicted octanol–water partition coefficient (Wildman–Crippen LogP) is 3.27. The maximum atomic E-state index is 11.7. The zero-order valence-corrected chi connectivity index (χ0v) is 14.3. The molecule has 23 heavy (non-hydrogen) atoms. The average molecular weight is 333 g/mol. The second kappa shape index (κ2) is 6.74. The molecule has 0 radical (unpaired) electrons. The van der Waals surface area contributed by atoms with Crippen LogP contribution >= 0.6 is 12.2 Å². The Bertz CT molecular complexity index is 620. The predicted molar refractivity (Wildman–Crippen MR) is 95.9 cm³/mol. The summed E-state index contributed by atoms with van der Waals surface area (Å²) < 4.78 is 5.55. The van der Waals surface area contributed by atoms with Crippen LogP contribution in [0, 0.1) is 5.92 Å². The summed E-state index contributed by atoms with van der Waals surface area (Å²) in [6, 6.07) is 6.03. The van der Waals surface area contributed by atoms with Crippen molar-refractivity contribution in [2.24, 2.45) is 5.92 Å². The quantitative estimate of drug-likeness (QED) is 0.725. The number of hydrogen-bond donors (Lipinski definition) is 3. The number of benzene rings is 1. The lowest BCUT2D eigenvalue weighted by atomic mass is 9.86. The first kappa shape index (κ1) is 16.1. The highest BCUT2D eigenvalue weighted by molar-refractivity contribution is 7.80. The molecule has 0 bridgehead atoms. The van der Waals surface area contributed by atoms with Gasteiger partial charge in [-0.05, 0) is 56.1 Å². The molecule has 5 nitrogen and oxygen atoms in total. The molecule has 1 fully saturated rings. The van der Waals surface area contributed by atoms with Crippen molar-refractivity contribution in [2.45, 2.75) is 51.7 Å². The molecule has 2 aliphatic rings. The Balaban J connectivity index is 1.63. The van der Waals surface area contributed by atoms with Gasteiger partial charge in [-0.2, -0.15) is 0 Å². The van der Waals surface area contributed by atoms with Crippen LogP contribution < -0.4 is 20.7 Å². The van der Waals surface area contributed by atoms with Crippen LogP contribution in [0.5, 0.6) is 5.75 Å². The molecule has 0 unspecified atom stereocenters. The van der Waals surface area contributed by atoms with E-state index in [1.165, 1.54) is 19.3 Å². The number of anilines is 2. The van der Waals surface area contributed by atoms with Crippen molar-refractivity contribution < 1.29 is 9.53 Å². The number of carbonyl (C=O) groups is 1. The number of rotatable bonds is 2. The van der Waals surface area contributed by atoms with Gasteiger partial charge in [0.15, 0.2) is 11.2 Å². The Morgan fingerprint density at radius 1 is 1.30 bits per heavy atom. The van der Waals surface area contributed by atoms with Crippen molar-refractivity contribution in [3.8, 4) is 5.75 Å². The molecule has 3 N–H and O–H groups in total. The highest BCUT2D eigenvalue weighted by atomic mass is 32.1. The molecule has 1 aromatic rings. The van der Waals surface area contributed by atoms with E-state index < -0.39 is 6.10 Å². The van der Waals surface area contributed by atoms with Crippen molar-refractivity contribution >= 4 is 34.6 Å². The lowest BCUT2D eigenvalue weighted by Crippen LogP contribution is -2.43. The minimum absolute atomic E-state index is 0.133. The van der Waals surface area contributed by atoms with Gasteiger partial charge in [0.05, 0.1) is 5.69 Å². The van der Waals surface area contributed by atoms with E-state index in [0.717, 1.165) is 12.1 Å². The van der Waals surface area contributed by atoms with Crippen molar-refractivity contribution in [1.82, 2.24) is 5.32 Å². The van der Waals surface area contributed by atoms with Crippen LogP contribution in [0.1, 0.15) is 39.5 Å². The number of fused-ring (bicyclic) bond motifs is 1. The summed E-state index contributed by atoms with van der Waals surface area (Å²) >= 11 is 5.43. The number of amides is 1. The summed E-state index contributed by atoms with van der Waals surface area (Å²) in [7, 11) is 0. The van der Waals surface area contributed by atoms with Crippen LogP contribution in [0.3, 0.4) is 0 Å². The molecule has 1 heterocycles. The Hall–Kier alpha value is -1.82. The third-order valence-corrected chi connectivity index (χ3v) is 4.82. The SMILES string of the molecule is C[C@@H]1Oc2ccc(NC(=S)N[C@H]3CCCC[C@H]3C)cc2NC1=O. The highest BCUT2D eigenvalue weighted by Gasteiger charge is 2.24. The normalized spacial score (nSPS) is 26.5. The summed E-state index contributed by atoms with van der Waals surface area (Å²) in [5, 5.41) is 10.1. The molecule has 1 aliphatic heterocycles. The van der Waals surface area contributed by atoms with E-state index in [0.29, 0.717) is 28.5 Å². The Labute approximate surface area is 142 Å². The van der Waals surface area contributed by atoms with E-state index in [-0.39, 0.29) is 5.91 Å². The van der Waals surface area contributed by atoms with Gasteiger partial charge < -0.3 is 20.7 Å². The molecule has 0 spiro atoms. The number of thiocarbonyl (C=S) groups is 1. The average Bonchev–Trinajstić information content (AvgIpc) is 2.51. The van der Waals surface area contributed by atoms with Crippen LogP contribution in [0.4, 0.5) is 11.4 Å². The summed E-state index contributed by atoms with van der Waals surface area (Å²) in [5.41, 5.74) is 1.51. The maximum absolute atomic E-state index is 11.7. The van der Waals surface area contributed by atoms with Crippen LogP contribution in [-0.2, 0) is 4.79 Å². The third-order valence-electron chi connectivity index (χ3n) is 4.60. The lowest BCUT2D eigenvalue weighted by molar-refractivity contribution is -0.122. The molecule has 6 heteroatoms. The largest absolute Gasteiger partial charge is 0.479 e. The third kappa shape index (κ3) is 3.75. The standard InChI is InChI=1S/C17H23N3O2S/c1-10-5-3-4-6-13(10)20-17(23)18-12-7-8-15-14(9-12)19-16(21)11(2)22-15/h7-11,13H,3-6H2,1-2H3,(H,19,21)(H2,18,20,23)/t10-,11+,13+/m1/s1. The molecule has 1 saturated carbocycles. The summed E-state index contributed by atoms with van der Waals surface area (Å²) in [6.07, 6.45) is 4.51. The zero-order chi connectivity index (χ0) is 16.4. The first-order valence-electron chi connectivity index (χ1n) is 8.22. The second-order valence-electron chi connectivity index (χ2n) is 6.43. The molecular formula is C17H23N3O2S. The van der Waals surface area contributed by atoms with E-state index >= 15 is 0 Å². The van der Waals surface area contributed by atoms with Gasteiger partial charge in [0.1, 0.15) is 5.75 Å². The Morgan fingerprint density at radius 3 is 2.87 bits per heavy atom. The van der Waals surface area contributed by atoms with Gasteiger partial charge in [-0.1, -0.05) is 19.8 Å². The topological polar surface area (TPSA) is 62.4 Å². The van der Waals surface area contributed by atoms with Crippen LogP contribution in [-0.4, -0.2) is 23.2 Å². The monoisotopic (exact) mass is 333 g/mol. The minimum atomic E-state index is -0.461. The first-order valence-corrected chi connectivity index (χ1v) is 8.63. The van der Waals surface area contributed by atoms with Gasteiger partial charge in [0, 0.05) is 11.7 Å². The molecular weight excluding hydrogens is 310 g/mol. The van der Waals surface area contributed by atoms with Crippen molar-refractivity contribution in [3.05, 3.63) is 18.2 Å². The second-order valence-corrected chi connectivity index (χ2v) is 6.84. The van der Waals surface area contributed by atoms with Crippen LogP contribution in [0.25, 0.3) is 0 Å². The number of carbonyl (C=O) groups excluding carboxylic acids is 1. The number of nitrogens with one attached hydrogen (secondary N) is 3. The molecule has 3 rings (SSSR count). The van der Waals surface area contributed by atoms with E-state index in [2.05, 4.69) is 22.9 Å². The molecule has 124 valence electrons. The molecule has 0 aromatic heterocycles. The van der Waals surface area contributed by atoms with Gasteiger partial charge in [0.25, 0.3) is 5.91 Å². The van der Waals surface area contributed by atoms with E-state index in [9.17, 15) is 4.79 Å². The molecule has 3 atom stereocenters. The van der Waals surface area contributed by atoms with Crippen LogP contribution in [0.2, 0.25) is 0 Å². The highest BCUT2D eigenvalue weighted by Crippen LogP contribution is 2.32. The fourth-order valence-corrected chi connectivity index (χ4v) is 3.42. The van der Waals surface area contributed by atoms with E-state index in [1.807, 2.05) is 18.2 Å². The summed E-state index contributed by atoms with van der Waals surface area (Å²) in [4.78, 5) is 11.7. The van der Waals surface area contributed by atoms with Crippen molar-refractivity contribution in [3.63, 3.8) is 0 Å². The van der Waals surface area contributed by atoms with E-state index in [1.54, 1.807) is 6.92 Å². The molecule has 1 aromatic carbocycles. The number of ether oxygens (including phenoxy) is 1. The van der Waals surface area contributed by atoms with Gasteiger partial charge in [-0.3, -0.25) is 4.79 Å². The van der Waals surface area contributed by atoms with Gasteiger partial charge in [-0.15, -0.1) is 0 Å². The molecule has 1 aliphatic carbocycles. The fourth-order valence-electron chi connectivity index (χ4n) is 3.15. The minimum Gasteiger partial charge on any atom is -0.479 e. The van der Waals surface area contributed by atoms with E-state index in [4.69, 9.17) is 17.0 Å². The van der Waals surface area contributed by atoms with Crippen molar-refractivity contribution in [2.75, 3.05) is 10.6 Å². The molecule has 1 amide bonds. The van der Waals surface area contributed by atoms with Crippen LogP contribution in [0.15, 0.2) is 18.2 Å². The fraction of sp³-hybridized carbons (Fsp3) is 0.529. The summed E-state index contributed by atoms with van der Waals surface area (Å²) in [5.74, 6) is 1.19. The smallest absolute Gasteiger partial charge is 0.265 e. The number of hydrogen-bond acceptors (Lipinski definition) is 3. The Kier molecular flexibility index (Phi) is 4.71. The van der Waals surface area contributed by atoms with Gasteiger partial charge in [-0.25, -0.2) is 0 Å². The van der Waals surface area contributed by atoms with Gasteiger partial charge in [0.2, 0.25) is 0 Å². The van der Waals surface area contributed by atoms with Gasteiger partial charge >= 0.3 is 0 Å². The lowest BCUT2D eigenvalue weighted by Gasteiger charge is -2.30. The summed E-state index contributed by atoms with van der Waals surface area (Å²) in [6.45, 7) is 4.00.